The highest BCUT2D eigenvalue weighted by Gasteiger charge is 2.55. The Kier molecular flexibility index (Phi) is 40.2. The van der Waals surface area contributed by atoms with Crippen LogP contribution < -0.4 is 5.32 Å². The van der Waals surface area contributed by atoms with Crippen molar-refractivity contribution in [2.24, 2.45) is 0 Å². The van der Waals surface area contributed by atoms with E-state index in [1.165, 1.54) is 161 Å². The van der Waals surface area contributed by atoms with Gasteiger partial charge >= 0.3 is 7.82 Å². The van der Waals surface area contributed by atoms with Crippen LogP contribution in [0, 0.1) is 0 Å². The van der Waals surface area contributed by atoms with E-state index in [9.17, 15) is 65.3 Å². The Hall–Kier alpha value is -0.900. The van der Waals surface area contributed by atoms with Crippen LogP contribution in [-0.2, 0) is 27.9 Å². The Bertz CT molecular complexity index is 1420. The van der Waals surface area contributed by atoms with Gasteiger partial charge in [-0.3, -0.25) is 13.8 Å². The zero-order chi connectivity index (χ0) is 55.3. The van der Waals surface area contributed by atoms with Gasteiger partial charge in [-0.15, -0.1) is 0 Å². The molecule has 0 bridgehead atoms. The van der Waals surface area contributed by atoms with E-state index < -0.39 is 113 Å². The maximum atomic E-state index is 13.6. The monoisotopic (exact) mass is 1100 g/mol. The predicted octanol–water partition coefficient (Wildman–Crippen LogP) is 7.81. The van der Waals surface area contributed by atoms with Gasteiger partial charge in [-0.1, -0.05) is 239 Å². The van der Waals surface area contributed by atoms with Crippen molar-refractivity contribution in [2.75, 3.05) is 13.2 Å². The third-order valence-corrected chi connectivity index (χ3v) is 16.4. The third kappa shape index (κ3) is 29.9. The van der Waals surface area contributed by atoms with Gasteiger partial charge in [0, 0.05) is 0 Å². The molecule has 18 nitrogen and oxygen atoms in total. The highest BCUT2D eigenvalue weighted by atomic mass is 31.2. The molecule has 0 aromatic carbocycles. The fraction of sp³-hybridized carbons (Fsp3) is 0.982. The number of carbonyl (C=O) groups is 1. The Morgan fingerprint density at radius 2 is 0.840 bits per heavy atom. The second-order valence-electron chi connectivity index (χ2n) is 22.0. The van der Waals surface area contributed by atoms with E-state index in [1.54, 1.807) is 0 Å². The second-order valence-corrected chi connectivity index (χ2v) is 23.4. The molecule has 2 rings (SSSR count). The molecule has 0 spiro atoms. The highest BCUT2D eigenvalue weighted by molar-refractivity contribution is 7.47. The summed E-state index contributed by atoms with van der Waals surface area (Å²) in [6.45, 7) is 2.82. The molecule has 8 unspecified atom stereocenters. The summed E-state index contributed by atoms with van der Waals surface area (Å²) < 4.78 is 34.9. The fourth-order valence-corrected chi connectivity index (χ4v) is 11.3. The quantitative estimate of drug-likeness (QED) is 0.0204. The highest BCUT2D eigenvalue weighted by Crippen LogP contribution is 2.48. The van der Waals surface area contributed by atoms with Crippen molar-refractivity contribution in [3.63, 3.8) is 0 Å². The largest absolute Gasteiger partial charge is 0.472 e. The summed E-state index contributed by atoms with van der Waals surface area (Å²) in [7, 11) is -5.39. The molecule has 0 radical (unpaired) electrons. The lowest BCUT2D eigenvalue weighted by Gasteiger charge is -2.47. The van der Waals surface area contributed by atoms with Gasteiger partial charge in [0.05, 0.1) is 25.4 Å². The first-order chi connectivity index (χ1) is 36.1. The zero-order valence-corrected chi connectivity index (χ0v) is 47.4. The number of ether oxygens (including phenoxy) is 2. The van der Waals surface area contributed by atoms with Gasteiger partial charge in [-0.25, -0.2) is 4.57 Å². The van der Waals surface area contributed by atoms with Crippen molar-refractivity contribution in [1.82, 2.24) is 5.32 Å². The molecule has 1 amide bonds. The predicted molar refractivity (Wildman–Crippen MR) is 289 cm³/mol. The van der Waals surface area contributed by atoms with Crippen molar-refractivity contribution in [3.8, 4) is 0 Å². The molecule has 1 aliphatic heterocycles. The molecule has 15 atom stereocenters. The van der Waals surface area contributed by atoms with Gasteiger partial charge in [0.15, 0.2) is 6.29 Å². The third-order valence-electron chi connectivity index (χ3n) is 15.4. The van der Waals surface area contributed by atoms with Crippen LogP contribution in [0.1, 0.15) is 251 Å². The van der Waals surface area contributed by atoms with Crippen LogP contribution in [0.4, 0.5) is 0 Å². The molecule has 75 heavy (non-hydrogen) atoms. The van der Waals surface area contributed by atoms with Crippen LogP contribution in [0.3, 0.4) is 0 Å². The topological polar surface area (TPSA) is 306 Å². The number of amides is 1. The van der Waals surface area contributed by atoms with Crippen LogP contribution in [0.15, 0.2) is 0 Å². The van der Waals surface area contributed by atoms with E-state index in [-0.39, 0.29) is 12.8 Å². The molecule has 2 fully saturated rings. The number of hydrogen-bond acceptors (Lipinski definition) is 16. The first-order valence-electron chi connectivity index (χ1n) is 30.1. The first kappa shape index (κ1) is 70.2. The molecule has 1 aliphatic carbocycles. The molecular formula is C56H110NO17P. The van der Waals surface area contributed by atoms with E-state index in [2.05, 4.69) is 19.2 Å². The van der Waals surface area contributed by atoms with E-state index in [0.29, 0.717) is 12.8 Å². The molecule has 446 valence electrons. The average molecular weight is 1100 g/mol. The van der Waals surface area contributed by atoms with E-state index in [4.69, 9.17) is 18.5 Å². The lowest BCUT2D eigenvalue weighted by molar-refractivity contribution is -0.338. The Morgan fingerprint density at radius 1 is 0.493 bits per heavy atom. The molecule has 19 heteroatoms. The van der Waals surface area contributed by atoms with Gasteiger partial charge in [0.25, 0.3) is 0 Å². The fourth-order valence-electron chi connectivity index (χ4n) is 10.3. The molecule has 2 aliphatic rings. The average Bonchev–Trinajstić information content (AvgIpc) is 3.39. The zero-order valence-electron chi connectivity index (χ0n) is 46.5. The number of hydrogen-bond donors (Lipinski definition) is 12. The standard InChI is InChI=1S/C56H110NO17P/c1-3-5-7-9-11-13-15-17-19-20-21-22-23-25-27-29-31-33-35-37-39-44(60)55(68)57-42(43(59)38-36-34-32-30-28-26-24-18-16-14-12-10-8-6-4-2)41-71-75(69,70)74-54-51(66)49(64)48(63)50(65)53(54)73-56-52(67)47(62)46(61)45(40-58)72-56/h42-54,56,58-67H,3-41H2,1-2H3,(H,57,68)(H,69,70)/t42-,43+,44?,45+,46+,47?,48?,49?,50+,51?,52?,53?,54-,56+/m0/s1. The maximum Gasteiger partial charge on any atom is 0.472 e. The minimum absolute atomic E-state index is 0.168. The van der Waals surface area contributed by atoms with Gasteiger partial charge < -0.3 is 70.7 Å². The normalized spacial score (nSPS) is 27.2. The number of nitrogens with one attached hydrogen (secondary N) is 1. The maximum absolute atomic E-state index is 13.6. The molecule has 0 aromatic rings. The minimum Gasteiger partial charge on any atom is -0.394 e. The molecule has 1 heterocycles. The Balaban J connectivity index is 1.89. The van der Waals surface area contributed by atoms with Crippen molar-refractivity contribution < 1.29 is 83.8 Å². The summed E-state index contributed by atoms with van der Waals surface area (Å²) in [6.07, 6.45) is 17.4. The van der Waals surface area contributed by atoms with Crippen molar-refractivity contribution in [1.29, 1.82) is 0 Å². The van der Waals surface area contributed by atoms with E-state index >= 15 is 0 Å². The molecular weight excluding hydrogens is 990 g/mol. The lowest BCUT2D eigenvalue weighted by atomic mass is 9.84. The molecule has 1 saturated heterocycles. The SMILES string of the molecule is CCCCCCCCCCCCCCCCCCCCCCC(O)C(=O)N[C@@H](COP(=O)(O)O[C@H]1C(O)C(O)C(O)[C@@H](O)C1O[C@H]1O[C@H](CO)[C@@H](O)C(O)C1O)[C@H](O)CCCCCCCCCCCCCCCCC. The Morgan fingerprint density at radius 3 is 1.23 bits per heavy atom. The van der Waals surface area contributed by atoms with Gasteiger partial charge in [0.1, 0.15) is 67.1 Å². The van der Waals surface area contributed by atoms with Crippen molar-refractivity contribution in [2.45, 2.75) is 337 Å². The van der Waals surface area contributed by atoms with Gasteiger partial charge in [-0.2, -0.15) is 0 Å². The summed E-state index contributed by atoms with van der Waals surface area (Å²) in [6, 6.07) is -1.31. The van der Waals surface area contributed by atoms with Crippen LogP contribution in [-0.4, -0.2) is 161 Å². The summed E-state index contributed by atoms with van der Waals surface area (Å²) >= 11 is 0. The van der Waals surface area contributed by atoms with E-state index in [0.717, 1.165) is 51.4 Å². The minimum atomic E-state index is -5.39. The first-order valence-corrected chi connectivity index (χ1v) is 31.6. The molecule has 1 saturated carbocycles. The van der Waals surface area contributed by atoms with Crippen LogP contribution in [0.5, 0.6) is 0 Å². The smallest absolute Gasteiger partial charge is 0.394 e. The van der Waals surface area contributed by atoms with Crippen LogP contribution in [0.25, 0.3) is 0 Å². The van der Waals surface area contributed by atoms with Crippen molar-refractivity contribution in [3.05, 3.63) is 0 Å². The second kappa shape index (κ2) is 42.9. The van der Waals surface area contributed by atoms with Gasteiger partial charge in [0.2, 0.25) is 5.91 Å². The number of aliphatic hydroxyl groups excluding tert-OH is 10. The van der Waals surface area contributed by atoms with E-state index in [1.807, 2.05) is 0 Å². The number of phosphoric acid groups is 1. The summed E-state index contributed by atoms with van der Waals surface area (Å²) in [5, 5.41) is 108. The van der Waals surface area contributed by atoms with Crippen LogP contribution >= 0.6 is 7.82 Å². The lowest BCUT2D eigenvalue weighted by Crippen LogP contribution is -2.67. The Labute approximate surface area is 451 Å². The summed E-state index contributed by atoms with van der Waals surface area (Å²) in [5.74, 6) is -0.804. The number of phosphoric ester groups is 1. The number of rotatable bonds is 48. The molecule has 12 N–H and O–H groups in total. The summed E-state index contributed by atoms with van der Waals surface area (Å²) in [5.41, 5.74) is 0. The van der Waals surface area contributed by atoms with Gasteiger partial charge in [-0.05, 0) is 12.8 Å². The number of aliphatic hydroxyl groups is 10. The summed E-state index contributed by atoms with van der Waals surface area (Å²) in [4.78, 5) is 24.3. The number of unbranched alkanes of at least 4 members (excludes halogenated alkanes) is 33. The number of carbonyl (C=O) groups excluding carboxylic acids is 1. The van der Waals surface area contributed by atoms with Crippen LogP contribution in [0.2, 0.25) is 0 Å². The van der Waals surface area contributed by atoms with Crippen molar-refractivity contribution >= 4 is 13.7 Å². The molecule has 0 aromatic heterocycles.